The van der Waals surface area contributed by atoms with Gasteiger partial charge >= 0.3 is 0 Å². The summed E-state index contributed by atoms with van der Waals surface area (Å²) in [7, 11) is 0. The van der Waals surface area contributed by atoms with E-state index in [1.54, 1.807) is 24.3 Å². The third-order valence-electron chi connectivity index (χ3n) is 2.52. The van der Waals surface area contributed by atoms with Crippen molar-refractivity contribution in [1.29, 1.82) is 5.26 Å². The van der Waals surface area contributed by atoms with Crippen LogP contribution in [0, 0.1) is 24.1 Å². The number of nitrogens with two attached hydrogens (primary N) is 1. The van der Waals surface area contributed by atoms with Crippen LogP contribution in [0.2, 0.25) is 0 Å². The number of hydrogen-bond acceptors (Lipinski definition) is 3. The highest BCUT2D eigenvalue weighted by Crippen LogP contribution is 2.28. The Morgan fingerprint density at radius 3 is 2.67 bits per heavy atom. The normalized spacial score (nSPS) is 9.83. The van der Waals surface area contributed by atoms with Gasteiger partial charge < -0.3 is 10.5 Å². The molecule has 3 nitrogen and oxygen atoms in total. The topological polar surface area (TPSA) is 59.0 Å². The van der Waals surface area contributed by atoms with E-state index in [1.165, 1.54) is 12.1 Å². The van der Waals surface area contributed by atoms with Crippen molar-refractivity contribution in [2.75, 3.05) is 5.73 Å². The van der Waals surface area contributed by atoms with Gasteiger partial charge in [0.2, 0.25) is 0 Å². The van der Waals surface area contributed by atoms with Gasteiger partial charge in [-0.25, -0.2) is 4.39 Å². The number of aryl methyl sites for hydroxylation is 1. The lowest BCUT2D eigenvalue weighted by molar-refractivity contribution is 0.473. The Morgan fingerprint density at radius 2 is 2.00 bits per heavy atom. The van der Waals surface area contributed by atoms with Crippen molar-refractivity contribution < 1.29 is 9.13 Å². The number of nitrogens with zero attached hydrogens (tertiary/aromatic N) is 1. The van der Waals surface area contributed by atoms with Crippen LogP contribution >= 0.6 is 0 Å². The van der Waals surface area contributed by atoms with E-state index in [2.05, 4.69) is 0 Å². The van der Waals surface area contributed by atoms with Gasteiger partial charge in [-0.2, -0.15) is 5.26 Å². The van der Waals surface area contributed by atoms with Gasteiger partial charge in [-0.3, -0.25) is 0 Å². The Balaban J connectivity index is 2.32. The molecule has 0 aliphatic heterocycles. The first-order valence-corrected chi connectivity index (χ1v) is 5.34. The smallest absolute Gasteiger partial charge is 0.133 e. The van der Waals surface area contributed by atoms with Crippen LogP contribution < -0.4 is 10.5 Å². The first-order valence-electron chi connectivity index (χ1n) is 5.34. The average molecular weight is 242 g/mol. The van der Waals surface area contributed by atoms with Crippen LogP contribution in [0.1, 0.15) is 11.1 Å². The zero-order valence-corrected chi connectivity index (χ0v) is 9.77. The predicted octanol–water partition coefficient (Wildman–Crippen LogP) is 3.38. The van der Waals surface area contributed by atoms with E-state index in [1.807, 2.05) is 13.0 Å². The monoisotopic (exact) mass is 242 g/mol. The van der Waals surface area contributed by atoms with Crippen molar-refractivity contribution >= 4 is 5.69 Å². The Morgan fingerprint density at radius 1 is 1.22 bits per heavy atom. The summed E-state index contributed by atoms with van der Waals surface area (Å²) in [4.78, 5) is 0. The zero-order valence-electron chi connectivity index (χ0n) is 9.77. The number of rotatable bonds is 2. The fourth-order valence-electron chi connectivity index (χ4n) is 1.52. The molecule has 2 aromatic carbocycles. The van der Waals surface area contributed by atoms with E-state index < -0.39 is 0 Å². The quantitative estimate of drug-likeness (QED) is 0.821. The van der Waals surface area contributed by atoms with Gasteiger partial charge in [0.15, 0.2) is 0 Å². The number of hydrogen-bond donors (Lipinski definition) is 1. The molecule has 0 heterocycles. The number of anilines is 1. The van der Waals surface area contributed by atoms with Crippen LogP contribution in [-0.4, -0.2) is 0 Å². The van der Waals surface area contributed by atoms with Crippen molar-refractivity contribution in [2.24, 2.45) is 0 Å². The summed E-state index contributed by atoms with van der Waals surface area (Å²) >= 11 is 0. The van der Waals surface area contributed by atoms with Gasteiger partial charge in [0.1, 0.15) is 23.4 Å². The zero-order chi connectivity index (χ0) is 13.1. The van der Waals surface area contributed by atoms with E-state index in [0.29, 0.717) is 22.7 Å². The number of nitriles is 1. The van der Waals surface area contributed by atoms with Crippen LogP contribution in [0.25, 0.3) is 0 Å². The maximum Gasteiger partial charge on any atom is 0.133 e. The van der Waals surface area contributed by atoms with E-state index in [9.17, 15) is 4.39 Å². The fraction of sp³-hybridized carbons (Fsp3) is 0.0714. The first-order chi connectivity index (χ1) is 8.60. The molecule has 0 bridgehead atoms. The second-order valence-electron chi connectivity index (χ2n) is 3.87. The maximum atomic E-state index is 13.1. The molecule has 2 aromatic rings. The Bertz CT molecular complexity index is 632. The molecule has 0 unspecified atom stereocenters. The highest BCUT2D eigenvalue weighted by atomic mass is 19.1. The molecule has 0 amide bonds. The third-order valence-corrected chi connectivity index (χ3v) is 2.52. The van der Waals surface area contributed by atoms with Crippen molar-refractivity contribution in [3.05, 3.63) is 53.3 Å². The van der Waals surface area contributed by atoms with Gasteiger partial charge in [0.05, 0.1) is 11.3 Å². The highest BCUT2D eigenvalue weighted by Gasteiger charge is 2.05. The molecular weight excluding hydrogens is 231 g/mol. The molecule has 4 heteroatoms. The van der Waals surface area contributed by atoms with Crippen molar-refractivity contribution in [3.63, 3.8) is 0 Å². The van der Waals surface area contributed by atoms with Gasteiger partial charge in [-0.15, -0.1) is 0 Å². The molecule has 0 spiro atoms. The molecule has 0 saturated carbocycles. The SMILES string of the molecule is Cc1ccc(F)cc1Oc1ccc(C#N)c(N)c1. The average Bonchev–Trinajstić information content (AvgIpc) is 2.34. The van der Waals surface area contributed by atoms with E-state index in [4.69, 9.17) is 15.7 Å². The molecule has 0 radical (unpaired) electrons. The highest BCUT2D eigenvalue weighted by molar-refractivity contribution is 5.57. The summed E-state index contributed by atoms with van der Waals surface area (Å²) in [6.45, 7) is 1.82. The van der Waals surface area contributed by atoms with Gasteiger partial charge in [-0.1, -0.05) is 6.07 Å². The Hall–Kier alpha value is -2.54. The Kier molecular flexibility index (Phi) is 3.16. The summed E-state index contributed by atoms with van der Waals surface area (Å²) < 4.78 is 18.6. The first kappa shape index (κ1) is 11.9. The minimum Gasteiger partial charge on any atom is -0.457 e. The number of nitrogen functional groups attached to an aromatic ring is 1. The van der Waals surface area contributed by atoms with Gasteiger partial charge in [-0.05, 0) is 30.7 Å². The molecule has 0 aliphatic carbocycles. The predicted molar refractivity (Wildman–Crippen MR) is 66.8 cm³/mol. The van der Waals surface area contributed by atoms with Gasteiger partial charge in [0.25, 0.3) is 0 Å². The summed E-state index contributed by atoms with van der Waals surface area (Å²) in [5.74, 6) is 0.538. The van der Waals surface area contributed by atoms with E-state index in [-0.39, 0.29) is 5.82 Å². The maximum absolute atomic E-state index is 13.1. The third kappa shape index (κ3) is 2.41. The molecule has 0 saturated heterocycles. The lowest BCUT2D eigenvalue weighted by Gasteiger charge is -2.09. The minimum absolute atomic E-state index is 0.337. The van der Waals surface area contributed by atoms with Crippen LogP contribution in [0.4, 0.5) is 10.1 Å². The Labute approximate surface area is 104 Å². The summed E-state index contributed by atoms with van der Waals surface area (Å²) in [5, 5.41) is 8.76. The number of ether oxygens (including phenoxy) is 1. The molecule has 0 atom stereocenters. The molecular formula is C14H11FN2O. The number of halogens is 1. The van der Waals surface area contributed by atoms with Crippen LogP contribution in [0.3, 0.4) is 0 Å². The largest absolute Gasteiger partial charge is 0.457 e. The molecule has 18 heavy (non-hydrogen) atoms. The lowest BCUT2D eigenvalue weighted by atomic mass is 10.2. The van der Waals surface area contributed by atoms with E-state index >= 15 is 0 Å². The van der Waals surface area contributed by atoms with E-state index in [0.717, 1.165) is 5.56 Å². The van der Waals surface area contributed by atoms with Crippen molar-refractivity contribution in [1.82, 2.24) is 0 Å². The molecule has 0 aliphatic rings. The second kappa shape index (κ2) is 4.76. The molecule has 90 valence electrons. The van der Waals surface area contributed by atoms with Crippen molar-refractivity contribution in [3.8, 4) is 17.6 Å². The van der Waals surface area contributed by atoms with Crippen LogP contribution in [0.5, 0.6) is 11.5 Å². The fourth-order valence-corrected chi connectivity index (χ4v) is 1.52. The van der Waals surface area contributed by atoms with Crippen LogP contribution in [-0.2, 0) is 0 Å². The van der Waals surface area contributed by atoms with Crippen LogP contribution in [0.15, 0.2) is 36.4 Å². The van der Waals surface area contributed by atoms with Gasteiger partial charge in [0, 0.05) is 12.1 Å². The minimum atomic E-state index is -0.364. The second-order valence-corrected chi connectivity index (χ2v) is 3.87. The molecule has 2 N–H and O–H groups in total. The summed E-state index contributed by atoms with van der Waals surface area (Å²) in [6.07, 6.45) is 0. The standard InChI is InChI=1S/C14H11FN2O/c1-9-2-4-11(15)6-14(9)18-12-5-3-10(8-16)13(17)7-12/h2-7H,17H2,1H3. The summed E-state index contributed by atoms with van der Waals surface area (Å²) in [6, 6.07) is 11.0. The number of benzene rings is 2. The van der Waals surface area contributed by atoms with Crippen molar-refractivity contribution in [2.45, 2.75) is 6.92 Å². The molecule has 0 aromatic heterocycles. The molecule has 2 rings (SSSR count). The lowest BCUT2D eigenvalue weighted by Crippen LogP contribution is -1.93. The molecule has 0 fully saturated rings. The summed E-state index contributed by atoms with van der Waals surface area (Å²) in [5.41, 5.74) is 7.22.